The highest BCUT2D eigenvalue weighted by Crippen LogP contribution is 2.35. The number of carbonyl (C=O) groups is 2. The summed E-state index contributed by atoms with van der Waals surface area (Å²) in [4.78, 5) is 28.2. The lowest BCUT2D eigenvalue weighted by atomic mass is 10.0. The summed E-state index contributed by atoms with van der Waals surface area (Å²) in [6, 6.07) is 7.51. The number of aryl methyl sites for hydroxylation is 1. The Labute approximate surface area is 236 Å². The fourth-order valence-electron chi connectivity index (χ4n) is 4.12. The highest BCUT2D eigenvalue weighted by atomic mass is 32.1. The first-order valence-corrected chi connectivity index (χ1v) is 14.0. The molecule has 0 aliphatic rings. The number of aromatic nitrogens is 1. The van der Waals surface area contributed by atoms with Crippen LogP contribution in [0.4, 0.5) is 13.9 Å². The van der Waals surface area contributed by atoms with Crippen LogP contribution < -0.4 is 10.1 Å². The number of para-hydroxylation sites is 1. The maximum Gasteiger partial charge on any atom is 0.331 e. The lowest BCUT2D eigenvalue weighted by molar-refractivity contribution is -0.132. The third-order valence-corrected chi connectivity index (χ3v) is 7.34. The van der Waals surface area contributed by atoms with Crippen LogP contribution in [0.25, 0.3) is 17.3 Å². The van der Waals surface area contributed by atoms with Gasteiger partial charge < -0.3 is 14.6 Å². The zero-order valence-electron chi connectivity index (χ0n) is 23.1. The summed E-state index contributed by atoms with van der Waals surface area (Å²) in [5.41, 5.74) is 1.33. The van der Waals surface area contributed by atoms with Crippen molar-refractivity contribution in [1.82, 2.24) is 4.98 Å². The average molecular weight is 573 g/mol. The Balaban J connectivity index is 1.70. The van der Waals surface area contributed by atoms with Crippen LogP contribution >= 0.6 is 11.3 Å². The van der Waals surface area contributed by atoms with E-state index in [9.17, 15) is 18.4 Å². The number of amides is 1. The van der Waals surface area contributed by atoms with Gasteiger partial charge in [0, 0.05) is 40.9 Å². The van der Waals surface area contributed by atoms with Gasteiger partial charge in [0.25, 0.3) is 5.91 Å². The van der Waals surface area contributed by atoms with Gasteiger partial charge in [0.2, 0.25) is 0 Å². The van der Waals surface area contributed by atoms with Gasteiger partial charge >= 0.3 is 5.97 Å². The number of nitrogens with zero attached hydrogens (tertiary/aromatic N) is 1. The molecule has 1 heterocycles. The number of carboxylic acid groups (broad SMARTS) is 1. The normalized spacial score (nSPS) is 11.6. The van der Waals surface area contributed by atoms with E-state index in [4.69, 9.17) is 14.6 Å². The van der Waals surface area contributed by atoms with E-state index in [1.165, 1.54) is 18.3 Å². The molecular formula is C30H34F2N2O5S. The average Bonchev–Trinajstić information content (AvgIpc) is 3.40. The quantitative estimate of drug-likeness (QED) is 0.156. The number of aliphatic carboxylic acids is 1. The molecule has 0 aliphatic carbocycles. The number of ether oxygens (including phenoxy) is 2. The van der Waals surface area contributed by atoms with Gasteiger partial charge in [-0.3, -0.25) is 10.1 Å². The van der Waals surface area contributed by atoms with Gasteiger partial charge in [0.15, 0.2) is 5.13 Å². The smallest absolute Gasteiger partial charge is 0.331 e. The largest absolute Gasteiger partial charge is 0.496 e. The Bertz CT molecular complexity index is 1340. The molecule has 0 radical (unpaired) electrons. The molecule has 3 aromatic rings. The number of carbonyl (C=O) groups excluding carboxylic acids is 1. The van der Waals surface area contributed by atoms with Crippen LogP contribution in [0.15, 0.2) is 41.3 Å². The van der Waals surface area contributed by atoms with Crippen LogP contribution in [0.2, 0.25) is 0 Å². The van der Waals surface area contributed by atoms with Crippen LogP contribution in [0, 0.1) is 17.6 Å². The van der Waals surface area contributed by atoms with Crippen molar-refractivity contribution < 1.29 is 33.0 Å². The number of rotatable bonds is 14. The predicted octanol–water partition coefficient (Wildman–Crippen LogP) is 7.22. The van der Waals surface area contributed by atoms with Crippen molar-refractivity contribution in [1.29, 1.82) is 0 Å². The van der Waals surface area contributed by atoms with Gasteiger partial charge in [-0.1, -0.05) is 38.8 Å². The van der Waals surface area contributed by atoms with Crippen molar-refractivity contribution in [3.05, 3.63) is 69.6 Å². The molecule has 0 atom stereocenters. The Kier molecular flexibility index (Phi) is 11.3. The van der Waals surface area contributed by atoms with Crippen molar-refractivity contribution in [2.24, 2.45) is 5.92 Å². The number of benzene rings is 2. The summed E-state index contributed by atoms with van der Waals surface area (Å²) in [6.07, 6.45) is 4.70. The summed E-state index contributed by atoms with van der Waals surface area (Å²) in [7, 11) is 1.60. The van der Waals surface area contributed by atoms with Crippen LogP contribution in [0.3, 0.4) is 0 Å². The van der Waals surface area contributed by atoms with E-state index in [0.717, 1.165) is 61.6 Å². The van der Waals surface area contributed by atoms with Gasteiger partial charge in [0.1, 0.15) is 17.4 Å². The molecule has 1 aromatic heterocycles. The summed E-state index contributed by atoms with van der Waals surface area (Å²) >= 11 is 1.17. The number of hydrogen-bond donors (Lipinski definition) is 2. The van der Waals surface area contributed by atoms with Crippen LogP contribution in [-0.4, -0.2) is 42.3 Å². The molecule has 0 bridgehead atoms. The number of nitrogens with one attached hydrogen (secondary N) is 1. The Morgan fingerprint density at radius 2 is 1.88 bits per heavy atom. The molecule has 0 aliphatic heterocycles. The minimum absolute atomic E-state index is 0.241. The number of anilines is 1. The first-order valence-electron chi connectivity index (χ1n) is 13.1. The molecule has 0 unspecified atom stereocenters. The van der Waals surface area contributed by atoms with Gasteiger partial charge in [-0.05, 0) is 55.5 Å². The Hall–Kier alpha value is -3.63. The highest BCUT2D eigenvalue weighted by Gasteiger charge is 2.18. The van der Waals surface area contributed by atoms with Crippen molar-refractivity contribution in [2.45, 2.75) is 46.5 Å². The van der Waals surface area contributed by atoms with Crippen LogP contribution in [0.5, 0.6) is 5.75 Å². The van der Waals surface area contributed by atoms with Crippen molar-refractivity contribution >= 4 is 34.4 Å². The minimum Gasteiger partial charge on any atom is -0.496 e. The van der Waals surface area contributed by atoms with Crippen molar-refractivity contribution in [3.63, 3.8) is 0 Å². The topological polar surface area (TPSA) is 97.8 Å². The molecular weight excluding hydrogens is 538 g/mol. The lowest BCUT2D eigenvalue weighted by Crippen LogP contribution is -2.13. The van der Waals surface area contributed by atoms with Crippen molar-refractivity contribution in [3.8, 4) is 17.0 Å². The second kappa shape index (κ2) is 14.7. The standard InChI is InChI=1S/C30H34F2N2O5S/c1-5-19(6-2)16-39-12-8-10-20-9-7-11-22(27(20)38-4)26-17-40-30(33-26)34-28(35)21-14-24(31)23(25(32)15-21)13-18(3)29(36)37/h7,9,11,13-15,17,19H,5-6,8,10,12,16H2,1-4H3,(H,36,37)(H,33,34,35). The number of hydrogen-bond acceptors (Lipinski definition) is 6. The third-order valence-electron chi connectivity index (χ3n) is 6.58. The summed E-state index contributed by atoms with van der Waals surface area (Å²) in [5, 5.41) is 13.5. The van der Waals surface area contributed by atoms with E-state index in [0.29, 0.717) is 24.0 Å². The number of carboxylic acids is 1. The predicted molar refractivity (Wildman–Crippen MR) is 153 cm³/mol. The van der Waals surface area contributed by atoms with Gasteiger partial charge in [-0.2, -0.15) is 0 Å². The monoisotopic (exact) mass is 572 g/mol. The molecule has 0 saturated heterocycles. The molecule has 7 nitrogen and oxygen atoms in total. The van der Waals surface area contributed by atoms with Crippen molar-refractivity contribution in [2.75, 3.05) is 25.6 Å². The molecule has 214 valence electrons. The number of halogens is 2. The lowest BCUT2D eigenvalue weighted by Gasteiger charge is -2.14. The minimum atomic E-state index is -1.30. The molecule has 10 heteroatoms. The molecule has 2 aromatic carbocycles. The number of methoxy groups -OCH3 is 1. The second-order valence-electron chi connectivity index (χ2n) is 9.34. The molecule has 2 N–H and O–H groups in total. The molecule has 1 amide bonds. The number of thiazole rings is 1. The SMILES string of the molecule is CCC(CC)COCCCc1cccc(-c2csc(NC(=O)c3cc(F)c(C=C(C)C(=O)O)c(F)c3)n2)c1OC. The Morgan fingerprint density at radius 1 is 1.18 bits per heavy atom. The van der Waals surface area contributed by atoms with E-state index in [-0.39, 0.29) is 16.3 Å². The zero-order valence-corrected chi connectivity index (χ0v) is 23.9. The Morgan fingerprint density at radius 3 is 2.50 bits per heavy atom. The highest BCUT2D eigenvalue weighted by molar-refractivity contribution is 7.14. The summed E-state index contributed by atoms with van der Waals surface area (Å²) in [6.45, 7) is 6.99. The van der Waals surface area contributed by atoms with E-state index in [2.05, 4.69) is 24.1 Å². The van der Waals surface area contributed by atoms with Crippen LogP contribution in [-0.2, 0) is 16.0 Å². The fourth-order valence-corrected chi connectivity index (χ4v) is 4.82. The van der Waals surface area contributed by atoms with E-state index >= 15 is 0 Å². The van der Waals surface area contributed by atoms with E-state index < -0.39 is 29.1 Å². The summed E-state index contributed by atoms with van der Waals surface area (Å²) < 4.78 is 40.5. The zero-order chi connectivity index (χ0) is 29.2. The molecule has 0 saturated carbocycles. The maximum absolute atomic E-state index is 14.5. The summed E-state index contributed by atoms with van der Waals surface area (Å²) in [5.74, 6) is -2.88. The first-order chi connectivity index (χ1) is 19.2. The molecule has 0 spiro atoms. The van der Waals surface area contributed by atoms with Crippen LogP contribution in [0.1, 0.15) is 61.5 Å². The van der Waals surface area contributed by atoms with E-state index in [1.54, 1.807) is 12.5 Å². The second-order valence-corrected chi connectivity index (χ2v) is 10.2. The third kappa shape index (κ3) is 7.95. The molecule has 0 fully saturated rings. The molecule has 40 heavy (non-hydrogen) atoms. The van der Waals surface area contributed by atoms with Gasteiger partial charge in [-0.25, -0.2) is 18.6 Å². The van der Waals surface area contributed by atoms with E-state index in [1.807, 2.05) is 18.2 Å². The fraction of sp³-hybridized carbons (Fsp3) is 0.367. The van der Waals surface area contributed by atoms with Gasteiger partial charge in [-0.15, -0.1) is 11.3 Å². The first kappa shape index (κ1) is 30.9. The van der Waals surface area contributed by atoms with Gasteiger partial charge in [0.05, 0.1) is 12.8 Å². The maximum atomic E-state index is 14.5. The molecule has 3 rings (SSSR count).